The highest BCUT2D eigenvalue weighted by molar-refractivity contribution is 6.18. The summed E-state index contributed by atoms with van der Waals surface area (Å²) in [6.07, 6.45) is 9.00. The maximum Gasteiger partial charge on any atom is 0.220 e. The summed E-state index contributed by atoms with van der Waals surface area (Å²) in [6.45, 7) is 1.67. The van der Waals surface area contributed by atoms with Crippen molar-refractivity contribution < 1.29 is 9.53 Å². The molecule has 1 aliphatic carbocycles. The van der Waals surface area contributed by atoms with E-state index in [1.807, 2.05) is 0 Å². The third-order valence-corrected chi connectivity index (χ3v) is 4.94. The first-order valence-electron chi connectivity index (χ1n) is 7.74. The van der Waals surface area contributed by atoms with E-state index in [9.17, 15) is 4.79 Å². The van der Waals surface area contributed by atoms with Crippen molar-refractivity contribution in [3.8, 4) is 0 Å². The molecule has 3 unspecified atom stereocenters. The van der Waals surface area contributed by atoms with E-state index in [-0.39, 0.29) is 5.91 Å². The van der Waals surface area contributed by atoms with E-state index in [0.717, 1.165) is 31.9 Å². The van der Waals surface area contributed by atoms with Crippen molar-refractivity contribution in [2.45, 2.75) is 57.5 Å². The van der Waals surface area contributed by atoms with Crippen LogP contribution in [0.25, 0.3) is 0 Å². The van der Waals surface area contributed by atoms with Crippen molar-refractivity contribution in [2.75, 3.05) is 19.0 Å². The van der Waals surface area contributed by atoms with Gasteiger partial charge >= 0.3 is 0 Å². The Bertz CT molecular complexity index is 279. The Balaban J connectivity index is 1.58. The maximum absolute atomic E-state index is 11.8. The van der Waals surface area contributed by atoms with Crippen LogP contribution in [-0.2, 0) is 9.53 Å². The van der Waals surface area contributed by atoms with E-state index in [0.29, 0.717) is 24.4 Å². The van der Waals surface area contributed by atoms with Gasteiger partial charge in [0.15, 0.2) is 0 Å². The molecule has 0 aromatic carbocycles. The van der Waals surface area contributed by atoms with Gasteiger partial charge in [0.2, 0.25) is 5.91 Å². The minimum Gasteiger partial charge on any atom is -0.378 e. The van der Waals surface area contributed by atoms with Crippen molar-refractivity contribution in [3.05, 3.63) is 0 Å². The van der Waals surface area contributed by atoms with Gasteiger partial charge in [0, 0.05) is 25.5 Å². The second-order valence-corrected chi connectivity index (χ2v) is 6.25. The Morgan fingerprint density at radius 3 is 2.74 bits per heavy atom. The van der Waals surface area contributed by atoms with Crippen LogP contribution in [0.2, 0.25) is 0 Å². The van der Waals surface area contributed by atoms with E-state index in [2.05, 4.69) is 5.32 Å². The maximum atomic E-state index is 11.8. The Labute approximate surface area is 121 Å². The third-order valence-electron chi connectivity index (χ3n) is 4.54. The number of hydrogen-bond donors (Lipinski definition) is 1. The zero-order valence-corrected chi connectivity index (χ0v) is 12.5. The van der Waals surface area contributed by atoms with Gasteiger partial charge in [0.05, 0.1) is 6.10 Å². The fraction of sp³-hybridized carbons (Fsp3) is 0.933. The van der Waals surface area contributed by atoms with E-state index < -0.39 is 0 Å². The molecule has 1 aliphatic heterocycles. The van der Waals surface area contributed by atoms with Gasteiger partial charge in [0.1, 0.15) is 0 Å². The number of hydrogen-bond acceptors (Lipinski definition) is 2. The number of alkyl halides is 1. The molecule has 0 bridgehead atoms. The smallest absolute Gasteiger partial charge is 0.220 e. The van der Waals surface area contributed by atoms with Crippen molar-refractivity contribution >= 4 is 17.5 Å². The van der Waals surface area contributed by atoms with Gasteiger partial charge in [-0.1, -0.05) is 6.42 Å². The molecule has 0 radical (unpaired) electrons. The van der Waals surface area contributed by atoms with E-state index >= 15 is 0 Å². The summed E-state index contributed by atoms with van der Waals surface area (Å²) in [7, 11) is 0. The van der Waals surface area contributed by atoms with Crippen LogP contribution in [0.1, 0.15) is 51.4 Å². The first-order valence-corrected chi connectivity index (χ1v) is 8.27. The molecule has 1 saturated heterocycles. The summed E-state index contributed by atoms with van der Waals surface area (Å²) in [5, 5.41) is 3.08. The van der Waals surface area contributed by atoms with Gasteiger partial charge in [0.25, 0.3) is 0 Å². The molecule has 19 heavy (non-hydrogen) atoms. The summed E-state index contributed by atoms with van der Waals surface area (Å²) >= 11 is 5.95. The van der Waals surface area contributed by atoms with Gasteiger partial charge in [-0.05, 0) is 50.4 Å². The molecule has 1 saturated carbocycles. The van der Waals surface area contributed by atoms with Crippen LogP contribution >= 0.6 is 11.6 Å². The van der Waals surface area contributed by atoms with E-state index in [4.69, 9.17) is 16.3 Å². The predicted molar refractivity (Wildman–Crippen MR) is 77.4 cm³/mol. The molecule has 1 amide bonds. The van der Waals surface area contributed by atoms with Crippen molar-refractivity contribution in [1.82, 2.24) is 5.32 Å². The SMILES string of the molecule is O=C(CCC1CCCCO1)NCC1CCCC1CCl. The normalized spacial score (nSPS) is 31.3. The lowest BCUT2D eigenvalue weighted by atomic mass is 9.98. The Morgan fingerprint density at radius 2 is 2.00 bits per heavy atom. The summed E-state index contributed by atoms with van der Waals surface area (Å²) in [5.41, 5.74) is 0. The third kappa shape index (κ3) is 4.96. The topological polar surface area (TPSA) is 38.3 Å². The zero-order chi connectivity index (χ0) is 13.5. The summed E-state index contributed by atoms with van der Waals surface area (Å²) in [5.74, 6) is 2.10. The number of carbonyl (C=O) groups excluding carboxylic acids is 1. The monoisotopic (exact) mass is 287 g/mol. The van der Waals surface area contributed by atoms with Gasteiger partial charge in [-0.2, -0.15) is 0 Å². The molecule has 2 fully saturated rings. The minimum absolute atomic E-state index is 0.175. The Hall–Kier alpha value is -0.280. The first kappa shape index (κ1) is 15.1. The average Bonchev–Trinajstić information content (AvgIpc) is 2.91. The highest BCUT2D eigenvalue weighted by Crippen LogP contribution is 2.31. The van der Waals surface area contributed by atoms with Gasteiger partial charge in [-0.25, -0.2) is 0 Å². The summed E-state index contributed by atoms with van der Waals surface area (Å²) in [4.78, 5) is 11.8. The average molecular weight is 288 g/mol. The van der Waals surface area contributed by atoms with Crippen LogP contribution in [0.15, 0.2) is 0 Å². The highest BCUT2D eigenvalue weighted by atomic mass is 35.5. The number of carbonyl (C=O) groups is 1. The van der Waals surface area contributed by atoms with E-state index in [1.165, 1.54) is 32.1 Å². The van der Waals surface area contributed by atoms with Gasteiger partial charge in [-0.15, -0.1) is 11.6 Å². The molecule has 0 aromatic heterocycles. The molecule has 2 rings (SSSR count). The first-order chi connectivity index (χ1) is 9.29. The number of rotatable bonds is 6. The van der Waals surface area contributed by atoms with Crippen molar-refractivity contribution in [1.29, 1.82) is 0 Å². The van der Waals surface area contributed by atoms with Crippen LogP contribution in [-0.4, -0.2) is 31.0 Å². The van der Waals surface area contributed by atoms with Gasteiger partial charge < -0.3 is 10.1 Å². The summed E-state index contributed by atoms with van der Waals surface area (Å²) < 4.78 is 5.64. The second-order valence-electron chi connectivity index (χ2n) is 5.94. The standard InChI is InChI=1S/C15H26ClNO2/c16-10-12-4-3-5-13(12)11-17-15(18)8-7-14-6-1-2-9-19-14/h12-14H,1-11H2,(H,17,18). The van der Waals surface area contributed by atoms with Crippen LogP contribution in [0, 0.1) is 11.8 Å². The molecule has 110 valence electrons. The lowest BCUT2D eigenvalue weighted by Crippen LogP contribution is -2.32. The van der Waals surface area contributed by atoms with Crippen LogP contribution in [0.4, 0.5) is 0 Å². The molecule has 1 heterocycles. The zero-order valence-electron chi connectivity index (χ0n) is 11.7. The fourth-order valence-corrected chi connectivity index (χ4v) is 3.65. The minimum atomic E-state index is 0.175. The molecular formula is C15H26ClNO2. The van der Waals surface area contributed by atoms with Crippen LogP contribution < -0.4 is 5.32 Å². The van der Waals surface area contributed by atoms with E-state index in [1.54, 1.807) is 0 Å². The fourth-order valence-electron chi connectivity index (χ4n) is 3.25. The highest BCUT2D eigenvalue weighted by Gasteiger charge is 2.26. The van der Waals surface area contributed by atoms with Gasteiger partial charge in [-0.3, -0.25) is 4.79 Å². The van der Waals surface area contributed by atoms with Crippen molar-refractivity contribution in [3.63, 3.8) is 0 Å². The Kier molecular flexibility index (Phi) is 6.45. The second kappa shape index (κ2) is 8.11. The molecular weight excluding hydrogens is 262 g/mol. The lowest BCUT2D eigenvalue weighted by Gasteiger charge is -2.22. The Morgan fingerprint density at radius 1 is 1.16 bits per heavy atom. The number of halogens is 1. The largest absolute Gasteiger partial charge is 0.378 e. The molecule has 3 nitrogen and oxygen atoms in total. The van der Waals surface area contributed by atoms with Crippen LogP contribution in [0.3, 0.4) is 0 Å². The molecule has 0 aromatic rings. The number of ether oxygens (including phenoxy) is 1. The number of nitrogens with one attached hydrogen (secondary N) is 1. The molecule has 4 heteroatoms. The quantitative estimate of drug-likeness (QED) is 0.762. The summed E-state index contributed by atoms with van der Waals surface area (Å²) in [6, 6.07) is 0. The number of amides is 1. The van der Waals surface area contributed by atoms with Crippen molar-refractivity contribution in [2.24, 2.45) is 11.8 Å². The molecule has 0 spiro atoms. The molecule has 3 atom stereocenters. The lowest BCUT2D eigenvalue weighted by molar-refractivity contribution is -0.122. The molecule has 2 aliphatic rings. The predicted octanol–water partition coefficient (Wildman–Crippen LogP) is 3.11. The van der Waals surface area contributed by atoms with Crippen LogP contribution in [0.5, 0.6) is 0 Å². The molecule has 1 N–H and O–H groups in total.